The highest BCUT2D eigenvalue weighted by Gasteiger charge is 2.24. The van der Waals surface area contributed by atoms with Crippen molar-refractivity contribution in [3.63, 3.8) is 0 Å². The number of terminal acetylenes is 1. The predicted molar refractivity (Wildman–Crippen MR) is 126 cm³/mol. The van der Waals surface area contributed by atoms with Crippen molar-refractivity contribution in [3.05, 3.63) is 58.3 Å². The van der Waals surface area contributed by atoms with E-state index in [2.05, 4.69) is 20.9 Å². The van der Waals surface area contributed by atoms with Gasteiger partial charge in [0.25, 0.3) is 5.56 Å². The Morgan fingerprint density at radius 1 is 1.28 bits per heavy atom. The van der Waals surface area contributed by atoms with Crippen LogP contribution in [-0.2, 0) is 13.1 Å². The Balaban J connectivity index is 1.62. The van der Waals surface area contributed by atoms with Crippen molar-refractivity contribution in [1.82, 2.24) is 24.3 Å². The molecule has 0 saturated carbocycles. The van der Waals surface area contributed by atoms with E-state index < -0.39 is 0 Å². The molecule has 1 saturated heterocycles. The Labute approximate surface area is 185 Å². The predicted octanol–water partition coefficient (Wildman–Crippen LogP) is 2.06. The van der Waals surface area contributed by atoms with Gasteiger partial charge in [0.1, 0.15) is 11.0 Å². The number of fused-ring (bicyclic) bond motifs is 2. The molecule has 0 spiro atoms. The molecule has 4 heterocycles. The number of rotatable bonds is 4. The minimum atomic E-state index is -0.231. The smallest absolute Gasteiger partial charge is 0.293 e. The zero-order valence-corrected chi connectivity index (χ0v) is 18.0. The first-order valence-corrected chi connectivity index (χ1v) is 10.8. The quantitative estimate of drug-likeness (QED) is 0.501. The molecule has 2 N–H and O–H groups in total. The van der Waals surface area contributed by atoms with Gasteiger partial charge in [-0.25, -0.2) is 9.67 Å². The van der Waals surface area contributed by atoms with Crippen LogP contribution in [-0.4, -0.2) is 43.4 Å². The Bertz CT molecular complexity index is 1410. The Kier molecular flexibility index (Phi) is 5.11. The van der Waals surface area contributed by atoms with Gasteiger partial charge in [-0.05, 0) is 31.2 Å². The van der Waals surface area contributed by atoms with Crippen molar-refractivity contribution >= 4 is 27.8 Å². The highest BCUT2D eigenvalue weighted by molar-refractivity contribution is 5.85. The largest absolute Gasteiger partial charge is 0.341 e. The van der Waals surface area contributed by atoms with E-state index in [1.165, 1.54) is 4.68 Å². The lowest BCUT2D eigenvalue weighted by Crippen LogP contribution is -2.44. The second kappa shape index (κ2) is 8.09. The van der Waals surface area contributed by atoms with Crippen LogP contribution in [0.2, 0.25) is 0 Å². The van der Waals surface area contributed by atoms with Gasteiger partial charge in [0.15, 0.2) is 0 Å². The van der Waals surface area contributed by atoms with E-state index in [0.29, 0.717) is 23.5 Å². The van der Waals surface area contributed by atoms with E-state index in [1.54, 1.807) is 6.20 Å². The number of hydrogen-bond donors (Lipinski definition) is 1. The molecule has 162 valence electrons. The summed E-state index contributed by atoms with van der Waals surface area (Å²) in [5, 5.41) is 6.50. The lowest BCUT2D eigenvalue weighted by atomic mass is 10.1. The van der Waals surface area contributed by atoms with E-state index in [9.17, 15) is 4.79 Å². The normalized spacial score (nSPS) is 16.5. The van der Waals surface area contributed by atoms with Gasteiger partial charge in [-0.3, -0.25) is 14.3 Å². The number of hydrogen-bond acceptors (Lipinski definition) is 6. The van der Waals surface area contributed by atoms with Crippen LogP contribution < -0.4 is 16.2 Å². The lowest BCUT2D eigenvalue weighted by molar-refractivity contribution is 0.496. The molecule has 1 aliphatic rings. The average molecular weight is 428 g/mol. The summed E-state index contributed by atoms with van der Waals surface area (Å²) in [5.74, 6) is 3.35. The van der Waals surface area contributed by atoms with E-state index in [1.807, 2.05) is 41.8 Å². The van der Waals surface area contributed by atoms with Crippen LogP contribution in [0.15, 0.2) is 41.3 Å². The maximum atomic E-state index is 13.5. The Morgan fingerprint density at radius 2 is 2.12 bits per heavy atom. The number of piperidine rings is 1. The summed E-state index contributed by atoms with van der Waals surface area (Å²) in [6, 6.07) is 10.1. The highest BCUT2D eigenvalue weighted by atomic mass is 16.1. The molecular weight excluding hydrogens is 402 g/mol. The van der Waals surface area contributed by atoms with Gasteiger partial charge in [-0.15, -0.1) is 6.42 Å². The van der Waals surface area contributed by atoms with Crippen LogP contribution in [0, 0.1) is 19.3 Å². The number of nitrogens with zero attached hydrogens (tertiary/aromatic N) is 6. The molecule has 0 radical (unpaired) electrons. The third-order valence-corrected chi connectivity index (χ3v) is 5.97. The van der Waals surface area contributed by atoms with Crippen molar-refractivity contribution < 1.29 is 0 Å². The van der Waals surface area contributed by atoms with Crippen LogP contribution in [0.1, 0.15) is 24.2 Å². The Hall–Kier alpha value is -3.70. The van der Waals surface area contributed by atoms with E-state index in [4.69, 9.17) is 17.1 Å². The van der Waals surface area contributed by atoms with Crippen molar-refractivity contribution in [2.24, 2.45) is 5.73 Å². The number of pyridine rings is 1. The van der Waals surface area contributed by atoms with Gasteiger partial charge >= 0.3 is 0 Å². The summed E-state index contributed by atoms with van der Waals surface area (Å²) in [6.45, 7) is 3.99. The monoisotopic (exact) mass is 427 g/mol. The van der Waals surface area contributed by atoms with Crippen LogP contribution in [0.4, 0.5) is 5.95 Å². The molecule has 1 unspecified atom stereocenters. The first-order valence-electron chi connectivity index (χ1n) is 10.8. The summed E-state index contributed by atoms with van der Waals surface area (Å²) in [5.41, 5.74) is 8.65. The number of aromatic nitrogens is 5. The third kappa shape index (κ3) is 3.51. The fourth-order valence-corrected chi connectivity index (χ4v) is 4.54. The SMILES string of the molecule is C#CCn1c(N2CCCC(N)C2)nc2cnn(Cc3nc(C)cc4ccccc34)c(=O)c21. The van der Waals surface area contributed by atoms with Crippen molar-refractivity contribution in [2.75, 3.05) is 18.0 Å². The van der Waals surface area contributed by atoms with Gasteiger partial charge in [-0.1, -0.05) is 30.2 Å². The first kappa shape index (κ1) is 20.2. The molecule has 1 aliphatic heterocycles. The van der Waals surface area contributed by atoms with Gasteiger partial charge < -0.3 is 10.6 Å². The summed E-state index contributed by atoms with van der Waals surface area (Å²) < 4.78 is 3.26. The molecule has 3 aromatic heterocycles. The topological polar surface area (TPSA) is 94.9 Å². The second-order valence-corrected chi connectivity index (χ2v) is 8.32. The maximum Gasteiger partial charge on any atom is 0.293 e. The van der Waals surface area contributed by atoms with Crippen LogP contribution in [0.25, 0.3) is 21.8 Å². The van der Waals surface area contributed by atoms with E-state index in [-0.39, 0.29) is 24.7 Å². The zero-order valence-electron chi connectivity index (χ0n) is 18.0. The first-order chi connectivity index (χ1) is 15.5. The molecule has 0 amide bonds. The van der Waals surface area contributed by atoms with E-state index in [0.717, 1.165) is 41.5 Å². The molecule has 1 atom stereocenters. The summed E-state index contributed by atoms with van der Waals surface area (Å²) in [4.78, 5) is 25.0. The number of nitrogens with two attached hydrogens (primary N) is 1. The number of imidazole rings is 1. The lowest BCUT2D eigenvalue weighted by Gasteiger charge is -2.31. The van der Waals surface area contributed by atoms with Gasteiger partial charge in [0, 0.05) is 30.2 Å². The summed E-state index contributed by atoms with van der Waals surface area (Å²) in [6.07, 6.45) is 9.25. The molecule has 8 nitrogen and oxygen atoms in total. The van der Waals surface area contributed by atoms with Gasteiger partial charge in [0.2, 0.25) is 5.95 Å². The molecule has 0 bridgehead atoms. The second-order valence-electron chi connectivity index (χ2n) is 8.32. The van der Waals surface area contributed by atoms with Gasteiger partial charge in [-0.2, -0.15) is 5.10 Å². The zero-order chi connectivity index (χ0) is 22.2. The molecule has 1 fully saturated rings. The fourth-order valence-electron chi connectivity index (χ4n) is 4.54. The fraction of sp³-hybridized carbons (Fsp3) is 0.333. The molecule has 4 aromatic rings. The van der Waals surface area contributed by atoms with E-state index >= 15 is 0 Å². The third-order valence-electron chi connectivity index (χ3n) is 5.97. The highest BCUT2D eigenvalue weighted by Crippen LogP contribution is 2.23. The van der Waals surface area contributed by atoms with Crippen molar-refractivity contribution in [3.8, 4) is 12.3 Å². The molecule has 1 aromatic carbocycles. The Morgan fingerprint density at radius 3 is 2.94 bits per heavy atom. The molecule has 8 heteroatoms. The van der Waals surface area contributed by atoms with Crippen LogP contribution in [0.3, 0.4) is 0 Å². The minimum Gasteiger partial charge on any atom is -0.341 e. The number of aryl methyl sites for hydroxylation is 1. The number of benzene rings is 1. The summed E-state index contributed by atoms with van der Waals surface area (Å²) in [7, 11) is 0. The van der Waals surface area contributed by atoms with Gasteiger partial charge in [0.05, 0.1) is 25.0 Å². The summed E-state index contributed by atoms with van der Waals surface area (Å²) >= 11 is 0. The maximum absolute atomic E-state index is 13.5. The molecule has 0 aliphatic carbocycles. The number of anilines is 1. The van der Waals surface area contributed by atoms with Crippen molar-refractivity contribution in [2.45, 2.75) is 38.9 Å². The molecule has 32 heavy (non-hydrogen) atoms. The van der Waals surface area contributed by atoms with Crippen LogP contribution in [0.5, 0.6) is 0 Å². The standard InChI is InChI=1S/C24H25N7O/c1-3-10-30-22-20(28-24(30)29-11-6-8-18(25)14-29)13-26-31(23(22)32)15-21-19-9-5-4-7-17(19)12-16(2)27-21/h1,4-5,7,9,12-13,18H,6,8,10-11,14-15,25H2,2H3. The van der Waals surface area contributed by atoms with Crippen molar-refractivity contribution in [1.29, 1.82) is 0 Å². The molecule has 5 rings (SSSR count). The van der Waals surface area contributed by atoms with Crippen LogP contribution >= 0.6 is 0 Å². The minimum absolute atomic E-state index is 0.0818. The average Bonchev–Trinajstić information content (AvgIpc) is 3.15. The molecular formula is C24H25N7O.